The fourth-order valence-electron chi connectivity index (χ4n) is 4.34. The number of carbonyl (C=O) groups excluding carboxylic acids is 1. The Morgan fingerprint density at radius 2 is 1.94 bits per heavy atom. The van der Waals surface area contributed by atoms with Gasteiger partial charge in [-0.3, -0.25) is 9.78 Å². The molecule has 5 rings (SSSR count). The van der Waals surface area contributed by atoms with Gasteiger partial charge in [-0.25, -0.2) is 5.10 Å². The van der Waals surface area contributed by atoms with Gasteiger partial charge in [0.15, 0.2) is 11.9 Å². The van der Waals surface area contributed by atoms with E-state index < -0.39 is 6.10 Å². The highest BCUT2D eigenvalue weighted by Gasteiger charge is 2.36. The number of fused-ring (bicyclic) bond motifs is 1. The Morgan fingerprint density at radius 3 is 2.66 bits per heavy atom. The third-order valence-electron chi connectivity index (χ3n) is 6.07. The molecular weight excluding hydrogens is 404 g/mol. The lowest BCUT2D eigenvalue weighted by Crippen LogP contribution is -2.52. The number of hydrogen-bond donors (Lipinski definition) is 1. The summed E-state index contributed by atoms with van der Waals surface area (Å²) in [6, 6.07) is 14.2. The van der Waals surface area contributed by atoms with E-state index >= 15 is 0 Å². The fraction of sp³-hybridized carbons (Fsp3) is 0.292. The number of nitrogens with zero attached hydrogens (tertiary/aromatic N) is 5. The SMILES string of the molecule is Cc1cccc(C)c1-c1ccnc2cc(OC(C)C(=O)N3CC(c4nnn[nH]4)C3)ccc12. The maximum absolute atomic E-state index is 12.7. The van der Waals surface area contributed by atoms with Crippen molar-refractivity contribution in [2.45, 2.75) is 32.8 Å². The second-order valence-electron chi connectivity index (χ2n) is 8.29. The van der Waals surface area contributed by atoms with Gasteiger partial charge in [0.05, 0.1) is 11.4 Å². The molecule has 0 spiro atoms. The first-order chi connectivity index (χ1) is 15.5. The molecule has 8 heteroatoms. The van der Waals surface area contributed by atoms with Crippen LogP contribution in [0.4, 0.5) is 0 Å². The van der Waals surface area contributed by atoms with Crippen LogP contribution in [-0.2, 0) is 4.79 Å². The van der Waals surface area contributed by atoms with Crippen LogP contribution in [0.1, 0.15) is 29.8 Å². The predicted molar refractivity (Wildman–Crippen MR) is 120 cm³/mol. The van der Waals surface area contributed by atoms with Crippen LogP contribution in [0, 0.1) is 13.8 Å². The van der Waals surface area contributed by atoms with E-state index in [-0.39, 0.29) is 11.8 Å². The molecule has 1 fully saturated rings. The quantitative estimate of drug-likeness (QED) is 0.523. The van der Waals surface area contributed by atoms with E-state index in [4.69, 9.17) is 4.74 Å². The molecule has 1 aliphatic rings. The van der Waals surface area contributed by atoms with Crippen molar-refractivity contribution in [3.8, 4) is 16.9 Å². The summed E-state index contributed by atoms with van der Waals surface area (Å²) >= 11 is 0. The number of amides is 1. The van der Waals surface area contributed by atoms with Gasteiger partial charge < -0.3 is 9.64 Å². The van der Waals surface area contributed by atoms with E-state index in [0.29, 0.717) is 24.7 Å². The minimum absolute atomic E-state index is 0.0499. The monoisotopic (exact) mass is 428 g/mol. The van der Waals surface area contributed by atoms with Crippen molar-refractivity contribution >= 4 is 16.8 Å². The largest absolute Gasteiger partial charge is 0.481 e. The average Bonchev–Trinajstić information content (AvgIpc) is 3.26. The molecule has 162 valence electrons. The summed E-state index contributed by atoms with van der Waals surface area (Å²) in [6.07, 6.45) is 1.23. The van der Waals surface area contributed by atoms with Gasteiger partial charge in [-0.05, 0) is 71.7 Å². The van der Waals surface area contributed by atoms with Crippen LogP contribution < -0.4 is 4.74 Å². The molecule has 0 saturated carbocycles. The van der Waals surface area contributed by atoms with E-state index in [1.165, 1.54) is 16.7 Å². The molecule has 1 amide bonds. The molecule has 0 aliphatic carbocycles. The zero-order valence-corrected chi connectivity index (χ0v) is 18.2. The second-order valence-corrected chi connectivity index (χ2v) is 8.29. The Kier molecular flexibility index (Phi) is 5.05. The smallest absolute Gasteiger partial charge is 0.263 e. The summed E-state index contributed by atoms with van der Waals surface area (Å²) in [5.74, 6) is 1.43. The zero-order valence-electron chi connectivity index (χ0n) is 18.2. The van der Waals surface area contributed by atoms with E-state index in [9.17, 15) is 4.79 Å². The Bertz CT molecular complexity index is 1260. The molecule has 0 bridgehead atoms. The molecule has 1 saturated heterocycles. The van der Waals surface area contributed by atoms with Gasteiger partial charge in [0.1, 0.15) is 5.75 Å². The van der Waals surface area contributed by atoms with Gasteiger partial charge in [-0.1, -0.05) is 18.2 Å². The van der Waals surface area contributed by atoms with Crippen LogP contribution in [-0.4, -0.2) is 55.6 Å². The summed E-state index contributed by atoms with van der Waals surface area (Å²) in [7, 11) is 0. The summed E-state index contributed by atoms with van der Waals surface area (Å²) in [4.78, 5) is 19.0. The third-order valence-corrected chi connectivity index (χ3v) is 6.07. The van der Waals surface area contributed by atoms with Crippen molar-refractivity contribution in [1.82, 2.24) is 30.5 Å². The van der Waals surface area contributed by atoms with Crippen molar-refractivity contribution in [3.63, 3.8) is 0 Å². The molecule has 4 aromatic rings. The number of tetrazole rings is 1. The van der Waals surface area contributed by atoms with Crippen LogP contribution >= 0.6 is 0 Å². The normalized spacial score (nSPS) is 14.9. The Morgan fingerprint density at radius 1 is 1.16 bits per heavy atom. The number of nitrogens with one attached hydrogen (secondary N) is 1. The molecule has 2 aromatic heterocycles. The van der Waals surface area contributed by atoms with Gasteiger partial charge in [-0.15, -0.1) is 5.10 Å². The molecule has 0 radical (unpaired) electrons. The lowest BCUT2D eigenvalue weighted by Gasteiger charge is -2.38. The van der Waals surface area contributed by atoms with Crippen LogP contribution in [0.5, 0.6) is 5.75 Å². The van der Waals surface area contributed by atoms with E-state index in [0.717, 1.165) is 16.5 Å². The molecule has 1 N–H and O–H groups in total. The van der Waals surface area contributed by atoms with Crippen molar-refractivity contribution < 1.29 is 9.53 Å². The molecule has 1 aliphatic heterocycles. The van der Waals surface area contributed by atoms with Crippen LogP contribution in [0.15, 0.2) is 48.7 Å². The second kappa shape index (κ2) is 8.03. The molecular formula is C24H24N6O2. The number of carbonyl (C=O) groups is 1. The average molecular weight is 428 g/mol. The topological polar surface area (TPSA) is 96.9 Å². The summed E-state index contributed by atoms with van der Waals surface area (Å²) in [5, 5.41) is 14.9. The predicted octanol–water partition coefficient (Wildman–Crippen LogP) is 3.43. The first kappa shape index (κ1) is 20.1. The zero-order chi connectivity index (χ0) is 22.2. The highest BCUT2D eigenvalue weighted by atomic mass is 16.5. The third kappa shape index (κ3) is 3.57. The van der Waals surface area contributed by atoms with Gasteiger partial charge in [0, 0.05) is 30.7 Å². The number of ether oxygens (including phenoxy) is 1. The van der Waals surface area contributed by atoms with Gasteiger partial charge in [0.2, 0.25) is 0 Å². The van der Waals surface area contributed by atoms with Crippen molar-refractivity contribution in [2.24, 2.45) is 0 Å². The minimum atomic E-state index is -0.594. The van der Waals surface area contributed by atoms with Crippen molar-refractivity contribution in [2.75, 3.05) is 13.1 Å². The van der Waals surface area contributed by atoms with Gasteiger partial charge >= 0.3 is 0 Å². The molecule has 1 atom stereocenters. The molecule has 1 unspecified atom stereocenters. The Hall–Kier alpha value is -3.81. The van der Waals surface area contributed by atoms with Gasteiger partial charge in [-0.2, -0.15) is 0 Å². The number of H-pyrrole nitrogens is 1. The summed E-state index contributed by atoms with van der Waals surface area (Å²) in [6.45, 7) is 7.19. The number of rotatable bonds is 5. The lowest BCUT2D eigenvalue weighted by atomic mass is 9.93. The van der Waals surface area contributed by atoms with Crippen LogP contribution in [0.2, 0.25) is 0 Å². The molecule has 3 heterocycles. The van der Waals surface area contributed by atoms with Crippen molar-refractivity contribution in [1.29, 1.82) is 0 Å². The van der Waals surface area contributed by atoms with Crippen LogP contribution in [0.25, 0.3) is 22.0 Å². The Labute approximate surface area is 185 Å². The van der Waals surface area contributed by atoms with E-state index in [1.54, 1.807) is 11.8 Å². The number of benzene rings is 2. The van der Waals surface area contributed by atoms with E-state index in [1.807, 2.05) is 24.4 Å². The minimum Gasteiger partial charge on any atom is -0.481 e. The van der Waals surface area contributed by atoms with Crippen LogP contribution in [0.3, 0.4) is 0 Å². The molecule has 2 aromatic carbocycles. The number of aryl methyl sites for hydroxylation is 2. The maximum Gasteiger partial charge on any atom is 0.263 e. The maximum atomic E-state index is 12.7. The van der Waals surface area contributed by atoms with Gasteiger partial charge in [0.25, 0.3) is 5.91 Å². The Balaban J connectivity index is 1.33. The van der Waals surface area contributed by atoms with Crippen molar-refractivity contribution in [3.05, 3.63) is 65.6 Å². The number of hydrogen-bond acceptors (Lipinski definition) is 6. The highest BCUT2D eigenvalue weighted by Crippen LogP contribution is 2.34. The fourth-order valence-corrected chi connectivity index (χ4v) is 4.34. The van der Waals surface area contributed by atoms with E-state index in [2.05, 4.69) is 63.7 Å². The lowest BCUT2D eigenvalue weighted by molar-refractivity contribution is -0.142. The number of pyridine rings is 1. The summed E-state index contributed by atoms with van der Waals surface area (Å²) in [5.41, 5.74) is 5.67. The molecule has 8 nitrogen and oxygen atoms in total. The standard InChI is InChI=1S/C24H24N6O2/c1-14-5-4-6-15(2)22(14)20-9-10-25-21-11-18(7-8-19(20)21)32-16(3)24(31)30-12-17(13-30)23-26-28-29-27-23/h4-11,16-17H,12-13H2,1-3H3,(H,26,27,28,29). The number of likely N-dealkylation sites (tertiary alicyclic amines) is 1. The number of aromatic nitrogens is 5. The highest BCUT2D eigenvalue weighted by molar-refractivity contribution is 5.96. The molecule has 32 heavy (non-hydrogen) atoms. The first-order valence-corrected chi connectivity index (χ1v) is 10.7. The summed E-state index contributed by atoms with van der Waals surface area (Å²) < 4.78 is 5.98. The number of aromatic amines is 1. The first-order valence-electron chi connectivity index (χ1n) is 10.7.